The predicted octanol–water partition coefficient (Wildman–Crippen LogP) is 2.83. The summed E-state index contributed by atoms with van der Waals surface area (Å²) in [6, 6.07) is 3.58. The minimum absolute atomic E-state index is 0.00187. The largest absolute Gasteiger partial charge is 0.461 e. The van der Waals surface area contributed by atoms with Gasteiger partial charge in [0.05, 0.1) is 11.3 Å². The second-order valence-corrected chi connectivity index (χ2v) is 4.10. The minimum Gasteiger partial charge on any atom is -0.461 e. The Morgan fingerprint density at radius 2 is 2.25 bits per heavy atom. The molecular formula is C12H14O3S. The van der Waals surface area contributed by atoms with Crippen molar-refractivity contribution in [2.75, 3.05) is 6.61 Å². The predicted molar refractivity (Wildman–Crippen MR) is 63.7 cm³/mol. The zero-order valence-electron chi connectivity index (χ0n) is 9.14. The van der Waals surface area contributed by atoms with E-state index < -0.39 is 0 Å². The smallest absolute Gasteiger partial charge is 0.306 e. The van der Waals surface area contributed by atoms with Crippen LogP contribution in [0.4, 0.5) is 0 Å². The molecule has 1 aromatic rings. The van der Waals surface area contributed by atoms with Gasteiger partial charge in [-0.2, -0.15) is 0 Å². The van der Waals surface area contributed by atoms with E-state index in [-0.39, 0.29) is 31.2 Å². The van der Waals surface area contributed by atoms with Crippen molar-refractivity contribution in [1.29, 1.82) is 0 Å². The van der Waals surface area contributed by atoms with E-state index in [2.05, 4.69) is 0 Å². The Hall–Kier alpha value is -1.42. The molecule has 0 unspecified atom stereocenters. The number of carbonyl (C=O) groups is 2. The summed E-state index contributed by atoms with van der Waals surface area (Å²) in [7, 11) is 0. The lowest BCUT2D eigenvalue weighted by molar-refractivity contribution is -0.142. The molecule has 0 fully saturated rings. The van der Waals surface area contributed by atoms with E-state index >= 15 is 0 Å². The number of esters is 1. The van der Waals surface area contributed by atoms with Gasteiger partial charge in [0, 0.05) is 6.42 Å². The maximum Gasteiger partial charge on any atom is 0.306 e. The Labute approximate surface area is 98.7 Å². The third-order valence-electron chi connectivity index (χ3n) is 1.93. The van der Waals surface area contributed by atoms with Gasteiger partial charge in [-0.05, 0) is 18.4 Å². The third kappa shape index (κ3) is 4.40. The summed E-state index contributed by atoms with van der Waals surface area (Å²) in [5.74, 6) is -0.332. The zero-order chi connectivity index (χ0) is 11.8. The van der Waals surface area contributed by atoms with Crippen LogP contribution in [0.5, 0.6) is 0 Å². The zero-order valence-corrected chi connectivity index (χ0v) is 9.96. The van der Waals surface area contributed by atoms with E-state index in [1.165, 1.54) is 11.3 Å². The summed E-state index contributed by atoms with van der Waals surface area (Å²) in [6.07, 6.45) is 3.92. The molecule has 0 N–H and O–H groups in total. The lowest BCUT2D eigenvalue weighted by atomic mass is 10.2. The standard InChI is InChI=1S/C12H14O3S/c1-2-3-8-15-12(14)7-6-10(13)11-5-4-9-16-11/h2-5,9H,6-8H2,1H3/b3-2+. The van der Waals surface area contributed by atoms with Crippen LogP contribution in [0.2, 0.25) is 0 Å². The summed E-state index contributed by atoms with van der Waals surface area (Å²) in [5.41, 5.74) is 0. The van der Waals surface area contributed by atoms with Crippen LogP contribution in [0.3, 0.4) is 0 Å². The lowest BCUT2D eigenvalue weighted by Gasteiger charge is -2.00. The molecule has 0 aliphatic rings. The number of hydrogen-bond donors (Lipinski definition) is 0. The number of allylic oxidation sites excluding steroid dienone is 1. The molecule has 86 valence electrons. The Morgan fingerprint density at radius 1 is 1.44 bits per heavy atom. The number of carbonyl (C=O) groups excluding carboxylic acids is 2. The molecule has 0 saturated carbocycles. The van der Waals surface area contributed by atoms with E-state index in [1.807, 2.05) is 24.4 Å². The number of rotatable bonds is 6. The van der Waals surface area contributed by atoms with Crippen molar-refractivity contribution in [3.63, 3.8) is 0 Å². The molecule has 0 radical (unpaired) electrons. The maximum absolute atomic E-state index is 11.5. The third-order valence-corrected chi connectivity index (χ3v) is 2.84. The Morgan fingerprint density at radius 3 is 2.88 bits per heavy atom. The van der Waals surface area contributed by atoms with Gasteiger partial charge in [0.25, 0.3) is 0 Å². The average molecular weight is 238 g/mol. The normalized spacial score (nSPS) is 10.6. The Kier molecular flexibility index (Phi) is 5.50. The number of hydrogen-bond acceptors (Lipinski definition) is 4. The van der Waals surface area contributed by atoms with Crippen molar-refractivity contribution in [3.8, 4) is 0 Å². The van der Waals surface area contributed by atoms with Gasteiger partial charge in [0.15, 0.2) is 5.78 Å². The van der Waals surface area contributed by atoms with Crippen molar-refractivity contribution in [2.24, 2.45) is 0 Å². The highest BCUT2D eigenvalue weighted by Crippen LogP contribution is 2.12. The summed E-state index contributed by atoms with van der Waals surface area (Å²) < 4.78 is 4.88. The first-order valence-corrected chi connectivity index (χ1v) is 5.95. The quantitative estimate of drug-likeness (QED) is 0.435. The van der Waals surface area contributed by atoms with E-state index in [4.69, 9.17) is 4.74 Å². The summed E-state index contributed by atoms with van der Waals surface area (Å²) in [5, 5.41) is 1.84. The Bertz CT molecular complexity index is 366. The van der Waals surface area contributed by atoms with Gasteiger partial charge >= 0.3 is 5.97 Å². The van der Waals surface area contributed by atoms with Crippen LogP contribution in [0.25, 0.3) is 0 Å². The van der Waals surface area contributed by atoms with Crippen molar-refractivity contribution >= 4 is 23.1 Å². The van der Waals surface area contributed by atoms with Crippen LogP contribution in [-0.2, 0) is 9.53 Å². The fourth-order valence-corrected chi connectivity index (χ4v) is 1.78. The van der Waals surface area contributed by atoms with Crippen molar-refractivity contribution in [1.82, 2.24) is 0 Å². The van der Waals surface area contributed by atoms with Crippen LogP contribution in [0.1, 0.15) is 29.4 Å². The fourth-order valence-electron chi connectivity index (χ4n) is 1.09. The van der Waals surface area contributed by atoms with Gasteiger partial charge in [-0.1, -0.05) is 18.2 Å². The molecule has 4 heteroatoms. The van der Waals surface area contributed by atoms with Crippen LogP contribution in [-0.4, -0.2) is 18.4 Å². The molecular weight excluding hydrogens is 224 g/mol. The van der Waals surface area contributed by atoms with E-state index in [0.29, 0.717) is 4.88 Å². The molecule has 16 heavy (non-hydrogen) atoms. The van der Waals surface area contributed by atoms with Gasteiger partial charge in [0.1, 0.15) is 6.61 Å². The number of thiophene rings is 1. The summed E-state index contributed by atoms with van der Waals surface area (Å²) in [6.45, 7) is 2.14. The fraction of sp³-hybridized carbons (Fsp3) is 0.333. The van der Waals surface area contributed by atoms with E-state index in [1.54, 1.807) is 12.1 Å². The summed E-state index contributed by atoms with van der Waals surface area (Å²) in [4.78, 5) is 23.4. The number of Topliss-reactive ketones (excluding diaryl/α,β-unsaturated/α-hetero) is 1. The van der Waals surface area contributed by atoms with Crippen LogP contribution in [0.15, 0.2) is 29.7 Å². The van der Waals surface area contributed by atoms with E-state index in [0.717, 1.165) is 0 Å². The molecule has 0 spiro atoms. The minimum atomic E-state index is -0.331. The van der Waals surface area contributed by atoms with Gasteiger partial charge in [0.2, 0.25) is 0 Å². The van der Waals surface area contributed by atoms with Crippen molar-refractivity contribution < 1.29 is 14.3 Å². The lowest BCUT2D eigenvalue weighted by Crippen LogP contribution is -2.07. The van der Waals surface area contributed by atoms with Crippen LogP contribution >= 0.6 is 11.3 Å². The molecule has 1 aromatic heterocycles. The molecule has 0 aliphatic carbocycles. The molecule has 0 aromatic carbocycles. The Balaban J connectivity index is 2.24. The molecule has 0 aliphatic heterocycles. The second-order valence-electron chi connectivity index (χ2n) is 3.15. The highest BCUT2D eigenvalue weighted by Gasteiger charge is 2.10. The first-order chi connectivity index (χ1) is 7.74. The van der Waals surface area contributed by atoms with Crippen LogP contribution in [0, 0.1) is 0 Å². The first kappa shape index (κ1) is 12.6. The highest BCUT2D eigenvalue weighted by atomic mass is 32.1. The van der Waals surface area contributed by atoms with Gasteiger partial charge in [-0.15, -0.1) is 11.3 Å². The molecule has 0 atom stereocenters. The van der Waals surface area contributed by atoms with E-state index in [9.17, 15) is 9.59 Å². The maximum atomic E-state index is 11.5. The molecule has 3 nitrogen and oxygen atoms in total. The highest BCUT2D eigenvalue weighted by molar-refractivity contribution is 7.12. The van der Waals surface area contributed by atoms with Crippen molar-refractivity contribution in [3.05, 3.63) is 34.5 Å². The van der Waals surface area contributed by atoms with Crippen molar-refractivity contribution in [2.45, 2.75) is 19.8 Å². The first-order valence-electron chi connectivity index (χ1n) is 5.07. The molecule has 0 saturated heterocycles. The molecule has 1 heterocycles. The van der Waals surface area contributed by atoms with Gasteiger partial charge in [-0.25, -0.2) is 0 Å². The average Bonchev–Trinajstić information content (AvgIpc) is 2.79. The second kappa shape index (κ2) is 6.95. The number of ether oxygens (including phenoxy) is 1. The monoisotopic (exact) mass is 238 g/mol. The molecule has 1 rings (SSSR count). The van der Waals surface area contributed by atoms with Gasteiger partial charge in [-0.3, -0.25) is 9.59 Å². The number of ketones is 1. The molecule has 0 amide bonds. The molecule has 0 bridgehead atoms. The summed E-state index contributed by atoms with van der Waals surface area (Å²) >= 11 is 1.39. The SMILES string of the molecule is C/C=C/COC(=O)CCC(=O)c1cccs1. The van der Waals surface area contributed by atoms with Gasteiger partial charge < -0.3 is 4.74 Å². The topological polar surface area (TPSA) is 43.4 Å². The van der Waals surface area contributed by atoms with Crippen LogP contribution < -0.4 is 0 Å².